The molecule has 32 heavy (non-hydrogen) atoms. The summed E-state index contributed by atoms with van der Waals surface area (Å²) in [6, 6.07) is 12.5. The van der Waals surface area contributed by atoms with Crippen molar-refractivity contribution in [1.29, 1.82) is 0 Å². The minimum absolute atomic E-state index is 0.144. The zero-order chi connectivity index (χ0) is 22.5. The molecule has 0 saturated carbocycles. The van der Waals surface area contributed by atoms with Gasteiger partial charge in [0.05, 0.1) is 17.8 Å². The maximum atomic E-state index is 14.9. The van der Waals surface area contributed by atoms with Gasteiger partial charge in [-0.05, 0) is 29.2 Å². The Balaban J connectivity index is 1.38. The Morgan fingerprint density at radius 3 is 2.69 bits per heavy atom. The number of carbonyl (C=O) groups excluding carboxylic acids is 2. The average molecular weight is 436 g/mol. The van der Waals surface area contributed by atoms with Crippen LogP contribution in [0.3, 0.4) is 0 Å². The molecule has 0 bridgehead atoms. The highest BCUT2D eigenvalue weighted by molar-refractivity contribution is 5.86. The van der Waals surface area contributed by atoms with Gasteiger partial charge in [-0.15, -0.1) is 0 Å². The second-order valence-electron chi connectivity index (χ2n) is 7.93. The monoisotopic (exact) mass is 436 g/mol. The quantitative estimate of drug-likeness (QED) is 0.432. The normalized spacial score (nSPS) is 17.9. The summed E-state index contributed by atoms with van der Waals surface area (Å²) < 4.78 is 14.9. The molecule has 1 unspecified atom stereocenters. The summed E-state index contributed by atoms with van der Waals surface area (Å²) in [5.41, 5.74) is 3.81. The number of rotatable bonds is 8. The Bertz CT molecular complexity index is 1080. The highest BCUT2D eigenvalue weighted by atomic mass is 19.1. The Labute approximate surface area is 185 Å². The van der Waals surface area contributed by atoms with Crippen molar-refractivity contribution < 1.29 is 14.0 Å². The van der Waals surface area contributed by atoms with E-state index in [0.717, 1.165) is 16.8 Å². The molecular weight excluding hydrogens is 411 g/mol. The van der Waals surface area contributed by atoms with Crippen molar-refractivity contribution in [3.8, 4) is 11.1 Å². The number of halogens is 1. The van der Waals surface area contributed by atoms with Crippen LogP contribution in [0.15, 0.2) is 48.7 Å². The second-order valence-corrected chi connectivity index (χ2v) is 7.93. The van der Waals surface area contributed by atoms with Crippen LogP contribution >= 0.6 is 0 Å². The van der Waals surface area contributed by atoms with E-state index in [1.807, 2.05) is 24.3 Å². The first-order chi connectivity index (χ1) is 15.5. The van der Waals surface area contributed by atoms with Gasteiger partial charge in [-0.3, -0.25) is 9.59 Å². The number of hydrogen-bond donors (Lipinski definition) is 4. The van der Waals surface area contributed by atoms with E-state index in [4.69, 9.17) is 0 Å². The molecule has 2 heterocycles. The predicted octanol–water partition coefficient (Wildman–Crippen LogP) is 2.01. The van der Waals surface area contributed by atoms with E-state index >= 15 is 0 Å². The van der Waals surface area contributed by atoms with Gasteiger partial charge < -0.3 is 16.0 Å². The summed E-state index contributed by atoms with van der Waals surface area (Å²) in [6.45, 7) is 3.07. The minimum atomic E-state index is -0.421. The molecular formula is C23H25FN6O2. The third-order valence-electron chi connectivity index (χ3n) is 5.54. The number of hydrogen-bond acceptors (Lipinski definition) is 5. The first-order valence-electron chi connectivity index (χ1n) is 10.5. The molecule has 1 saturated heterocycles. The lowest BCUT2D eigenvalue weighted by molar-refractivity contribution is -0.121. The SMILES string of the molecule is CC(=O)NC[C@@H]1CC(c2ccc(-c3ccc(CNCc4cn[nH]n4)cc3)c(F)c2)C(=O)N1. The molecule has 4 rings (SSSR count). The lowest BCUT2D eigenvalue weighted by Gasteiger charge is -2.12. The number of H-pyrrole nitrogens is 1. The number of aromatic nitrogens is 3. The van der Waals surface area contributed by atoms with Crippen LogP contribution in [0.4, 0.5) is 4.39 Å². The summed E-state index contributed by atoms with van der Waals surface area (Å²) >= 11 is 0. The van der Waals surface area contributed by atoms with E-state index in [9.17, 15) is 14.0 Å². The molecule has 0 aliphatic carbocycles. The molecule has 4 N–H and O–H groups in total. The van der Waals surface area contributed by atoms with E-state index in [1.165, 1.54) is 13.0 Å². The van der Waals surface area contributed by atoms with E-state index in [0.29, 0.717) is 37.2 Å². The zero-order valence-electron chi connectivity index (χ0n) is 17.7. The first-order valence-corrected chi connectivity index (χ1v) is 10.5. The van der Waals surface area contributed by atoms with Crippen LogP contribution in [-0.4, -0.2) is 39.8 Å². The lowest BCUT2D eigenvalue weighted by atomic mass is 9.93. The van der Waals surface area contributed by atoms with Gasteiger partial charge in [-0.1, -0.05) is 36.4 Å². The summed E-state index contributed by atoms with van der Waals surface area (Å²) in [5.74, 6) is -1.07. The predicted molar refractivity (Wildman–Crippen MR) is 117 cm³/mol. The zero-order valence-corrected chi connectivity index (χ0v) is 17.7. The third kappa shape index (κ3) is 5.17. The highest BCUT2D eigenvalue weighted by Crippen LogP contribution is 2.31. The van der Waals surface area contributed by atoms with Crippen LogP contribution in [0, 0.1) is 5.82 Å². The van der Waals surface area contributed by atoms with Crippen molar-refractivity contribution in [2.24, 2.45) is 0 Å². The molecule has 0 radical (unpaired) electrons. The summed E-state index contributed by atoms with van der Waals surface area (Å²) in [7, 11) is 0. The summed E-state index contributed by atoms with van der Waals surface area (Å²) in [5, 5.41) is 19.2. The van der Waals surface area contributed by atoms with Crippen molar-refractivity contribution >= 4 is 11.8 Å². The van der Waals surface area contributed by atoms with Crippen molar-refractivity contribution in [2.75, 3.05) is 6.54 Å². The number of benzene rings is 2. The fourth-order valence-corrected chi connectivity index (χ4v) is 3.87. The molecule has 2 amide bonds. The Morgan fingerprint density at radius 1 is 1.19 bits per heavy atom. The first kappa shape index (κ1) is 21.6. The Hall–Kier alpha value is -3.59. The van der Waals surface area contributed by atoms with Gasteiger partial charge in [0.2, 0.25) is 11.8 Å². The van der Waals surface area contributed by atoms with Crippen molar-refractivity contribution in [2.45, 2.75) is 38.4 Å². The summed E-state index contributed by atoms with van der Waals surface area (Å²) in [6.07, 6.45) is 2.19. The van der Waals surface area contributed by atoms with Gasteiger partial charge >= 0.3 is 0 Å². The van der Waals surface area contributed by atoms with E-state index in [1.54, 1.807) is 18.3 Å². The molecule has 9 heteroatoms. The van der Waals surface area contributed by atoms with Gasteiger partial charge in [0, 0.05) is 38.2 Å². The smallest absolute Gasteiger partial charge is 0.227 e. The lowest BCUT2D eigenvalue weighted by Crippen LogP contribution is -2.37. The van der Waals surface area contributed by atoms with Crippen LogP contribution < -0.4 is 16.0 Å². The average Bonchev–Trinajstić information content (AvgIpc) is 3.42. The summed E-state index contributed by atoms with van der Waals surface area (Å²) in [4.78, 5) is 23.4. The number of aromatic amines is 1. The topological polar surface area (TPSA) is 112 Å². The maximum absolute atomic E-state index is 14.9. The maximum Gasteiger partial charge on any atom is 0.227 e. The molecule has 166 valence electrons. The molecule has 1 aliphatic heterocycles. The second kappa shape index (κ2) is 9.69. The van der Waals surface area contributed by atoms with E-state index < -0.39 is 5.92 Å². The molecule has 1 fully saturated rings. The van der Waals surface area contributed by atoms with Crippen molar-refractivity contribution in [1.82, 2.24) is 31.4 Å². The molecule has 2 atom stereocenters. The number of carbonyl (C=O) groups is 2. The molecule has 3 aromatic rings. The molecule has 1 aliphatic rings. The van der Waals surface area contributed by atoms with Gasteiger partial charge in [0.1, 0.15) is 5.82 Å². The Morgan fingerprint density at radius 2 is 2.00 bits per heavy atom. The highest BCUT2D eigenvalue weighted by Gasteiger charge is 2.33. The van der Waals surface area contributed by atoms with Crippen molar-refractivity contribution in [3.05, 3.63) is 71.3 Å². The molecule has 1 aromatic heterocycles. The fraction of sp³-hybridized carbons (Fsp3) is 0.304. The molecule has 0 spiro atoms. The largest absolute Gasteiger partial charge is 0.354 e. The standard InChI is InChI=1S/C23H25FN6O2/c1-14(31)26-12-18-9-21(23(32)28-18)17-6-7-20(22(24)8-17)16-4-2-15(3-5-16)10-25-11-19-13-27-30-29-19/h2-8,13,18,21,25H,9-12H2,1H3,(H,26,31)(H,28,32)(H,27,29,30)/t18-,21?/m0/s1. The fourth-order valence-electron chi connectivity index (χ4n) is 3.87. The number of nitrogens with one attached hydrogen (secondary N) is 4. The molecule has 8 nitrogen and oxygen atoms in total. The third-order valence-corrected chi connectivity index (χ3v) is 5.54. The van der Waals surface area contributed by atoms with Crippen molar-refractivity contribution in [3.63, 3.8) is 0 Å². The minimum Gasteiger partial charge on any atom is -0.354 e. The van der Waals surface area contributed by atoms with Crippen LogP contribution in [0.2, 0.25) is 0 Å². The van der Waals surface area contributed by atoms with Crippen LogP contribution in [0.5, 0.6) is 0 Å². The Kier molecular flexibility index (Phi) is 6.55. The van der Waals surface area contributed by atoms with E-state index in [2.05, 4.69) is 31.4 Å². The number of amides is 2. The van der Waals surface area contributed by atoms with Crippen LogP contribution in [-0.2, 0) is 22.7 Å². The van der Waals surface area contributed by atoms with Gasteiger partial charge in [0.25, 0.3) is 0 Å². The number of nitrogens with zero attached hydrogens (tertiary/aromatic N) is 2. The van der Waals surface area contributed by atoms with Gasteiger partial charge in [-0.2, -0.15) is 15.4 Å². The molecule has 2 aromatic carbocycles. The van der Waals surface area contributed by atoms with Gasteiger partial charge in [-0.25, -0.2) is 4.39 Å². The van der Waals surface area contributed by atoms with Crippen LogP contribution in [0.25, 0.3) is 11.1 Å². The van der Waals surface area contributed by atoms with Crippen LogP contribution in [0.1, 0.15) is 36.1 Å². The van der Waals surface area contributed by atoms with E-state index in [-0.39, 0.29) is 23.7 Å². The van der Waals surface area contributed by atoms with Gasteiger partial charge in [0.15, 0.2) is 0 Å².